The van der Waals surface area contributed by atoms with E-state index in [1.54, 1.807) is 24.3 Å². The zero-order valence-electron chi connectivity index (χ0n) is 17.3. The van der Waals surface area contributed by atoms with E-state index in [-0.39, 0.29) is 17.7 Å². The molecule has 2 aliphatic rings. The van der Waals surface area contributed by atoms with E-state index in [4.69, 9.17) is 9.47 Å². The predicted octanol–water partition coefficient (Wildman–Crippen LogP) is 1.95. The zero-order valence-corrected chi connectivity index (χ0v) is 17.3. The minimum absolute atomic E-state index is 0.111. The molecule has 1 fully saturated rings. The minimum Gasteiger partial charge on any atom is -0.550 e. The van der Waals surface area contributed by atoms with Crippen molar-refractivity contribution in [1.82, 2.24) is 0 Å². The molecule has 0 aromatic heterocycles. The topological polar surface area (TPSA) is 99.1 Å². The van der Waals surface area contributed by atoms with Crippen molar-refractivity contribution in [3.8, 4) is 0 Å². The van der Waals surface area contributed by atoms with Crippen LogP contribution in [0.5, 0.6) is 0 Å². The van der Waals surface area contributed by atoms with Crippen LogP contribution in [-0.2, 0) is 14.3 Å². The first kappa shape index (κ1) is 22.6. The Labute approximate surface area is 175 Å². The predicted molar refractivity (Wildman–Crippen MR) is 106 cm³/mol. The van der Waals surface area contributed by atoms with Gasteiger partial charge in [-0.05, 0) is 34.3 Å². The number of rotatable bonds is 7. The number of carboxylic acid groups (broad SMARTS) is 1. The van der Waals surface area contributed by atoms with Gasteiger partial charge in [0, 0.05) is 31.7 Å². The van der Waals surface area contributed by atoms with E-state index in [2.05, 4.69) is 13.8 Å². The Bertz CT molecular complexity index is 821. The van der Waals surface area contributed by atoms with Gasteiger partial charge < -0.3 is 29.6 Å². The summed E-state index contributed by atoms with van der Waals surface area (Å²) in [5, 5.41) is 30.6. The number of ether oxygens (including phenoxy) is 2. The van der Waals surface area contributed by atoms with Crippen LogP contribution in [-0.4, -0.2) is 47.4 Å². The van der Waals surface area contributed by atoms with Crippen molar-refractivity contribution < 1.29 is 34.0 Å². The Morgan fingerprint density at radius 1 is 1.23 bits per heavy atom. The first-order valence-corrected chi connectivity index (χ1v) is 10.1. The number of carbonyl (C=O) groups is 1. The van der Waals surface area contributed by atoms with E-state index in [1.165, 1.54) is 12.1 Å². The van der Waals surface area contributed by atoms with E-state index >= 15 is 0 Å². The van der Waals surface area contributed by atoms with Gasteiger partial charge in [-0.25, -0.2) is 4.39 Å². The van der Waals surface area contributed by atoms with E-state index in [0.29, 0.717) is 26.1 Å². The largest absolute Gasteiger partial charge is 0.550 e. The Kier molecular flexibility index (Phi) is 6.77. The average Bonchev–Trinajstić information content (AvgIpc) is 3.07. The van der Waals surface area contributed by atoms with E-state index in [0.717, 1.165) is 16.7 Å². The Hall–Kier alpha value is -2.06. The summed E-state index contributed by atoms with van der Waals surface area (Å²) in [7, 11) is 0. The summed E-state index contributed by atoms with van der Waals surface area (Å²) in [6.45, 7) is 5.15. The van der Waals surface area contributed by atoms with Gasteiger partial charge in [-0.3, -0.25) is 0 Å². The monoisotopic (exact) mass is 419 g/mol. The molecule has 2 N–H and O–H groups in total. The molecule has 1 aromatic rings. The van der Waals surface area contributed by atoms with Crippen LogP contribution in [0.2, 0.25) is 0 Å². The summed E-state index contributed by atoms with van der Waals surface area (Å²) in [6.07, 6.45) is 1.61. The fourth-order valence-corrected chi connectivity index (χ4v) is 4.38. The number of allylic oxidation sites excluding steroid dienone is 2. The number of carbonyl (C=O) groups excluding carboxylic acids is 1. The number of halogens is 1. The van der Waals surface area contributed by atoms with Gasteiger partial charge in [0.05, 0.1) is 25.4 Å². The van der Waals surface area contributed by atoms with Gasteiger partial charge >= 0.3 is 0 Å². The van der Waals surface area contributed by atoms with Crippen LogP contribution in [0, 0.1) is 11.2 Å². The maximum Gasteiger partial charge on any atom is 0.173 e. The van der Waals surface area contributed by atoms with Crippen molar-refractivity contribution in [2.24, 2.45) is 5.41 Å². The van der Waals surface area contributed by atoms with Gasteiger partial charge in [0.25, 0.3) is 0 Å². The minimum atomic E-state index is -1.37. The van der Waals surface area contributed by atoms with Gasteiger partial charge in [0.1, 0.15) is 5.82 Å². The molecule has 1 saturated heterocycles. The lowest BCUT2D eigenvalue weighted by Crippen LogP contribution is -2.41. The standard InChI is InChI=1S/C23H29FO6/c1-22(2)14-23(29-9-10-30-23)13-19(15-3-5-16(24)6-4-15)20(22)8-7-17(25)11-18(26)12-21(27)28/h3-8,17-18,25-26H,9-14H2,1-2H3,(H,27,28)/p-1/b8-7+. The molecule has 0 bridgehead atoms. The molecular formula is C23H28FO6-. The Morgan fingerprint density at radius 3 is 2.47 bits per heavy atom. The number of carboxylic acids is 1. The fourth-order valence-electron chi connectivity index (χ4n) is 4.38. The molecule has 1 aromatic carbocycles. The number of aliphatic carboxylic acids is 1. The lowest BCUT2D eigenvalue weighted by atomic mass is 9.68. The summed E-state index contributed by atoms with van der Waals surface area (Å²) >= 11 is 0. The molecule has 0 saturated carbocycles. The molecule has 0 amide bonds. The van der Waals surface area contributed by atoms with Crippen LogP contribution in [0.25, 0.3) is 5.57 Å². The molecule has 6 nitrogen and oxygen atoms in total. The fraction of sp³-hybridized carbons (Fsp3) is 0.522. The smallest absolute Gasteiger partial charge is 0.173 e. The molecule has 0 radical (unpaired) electrons. The first-order chi connectivity index (χ1) is 14.1. The second-order valence-electron chi connectivity index (χ2n) is 8.64. The molecule has 1 aliphatic heterocycles. The zero-order chi connectivity index (χ0) is 21.9. The Balaban J connectivity index is 1.93. The number of hydrogen-bond acceptors (Lipinski definition) is 6. The highest BCUT2D eigenvalue weighted by atomic mass is 19.1. The maximum atomic E-state index is 13.5. The SMILES string of the molecule is CC1(C)CC2(CC(c3ccc(F)cc3)=C1/C=C/C(O)CC(O)CC(=O)[O-])OCCO2. The lowest BCUT2D eigenvalue weighted by Gasteiger charge is -2.43. The normalized spacial score (nSPS) is 22.6. The van der Waals surface area contributed by atoms with Gasteiger partial charge in [-0.1, -0.05) is 38.1 Å². The highest BCUT2D eigenvalue weighted by Crippen LogP contribution is 2.51. The molecule has 2 unspecified atom stereocenters. The average molecular weight is 419 g/mol. The third-order valence-corrected chi connectivity index (χ3v) is 5.62. The van der Waals surface area contributed by atoms with Crippen LogP contribution < -0.4 is 5.11 Å². The molecule has 1 aliphatic carbocycles. The van der Waals surface area contributed by atoms with Gasteiger partial charge in [-0.2, -0.15) is 0 Å². The highest BCUT2D eigenvalue weighted by molar-refractivity contribution is 5.74. The molecule has 2 atom stereocenters. The summed E-state index contributed by atoms with van der Waals surface area (Å²) in [5.74, 6) is -2.42. The van der Waals surface area contributed by atoms with Crippen molar-refractivity contribution in [2.75, 3.05) is 13.2 Å². The van der Waals surface area contributed by atoms with Crippen molar-refractivity contribution >= 4 is 11.5 Å². The molecule has 164 valence electrons. The second-order valence-corrected chi connectivity index (χ2v) is 8.64. The number of hydrogen-bond donors (Lipinski definition) is 2. The lowest BCUT2D eigenvalue weighted by molar-refractivity contribution is -0.307. The van der Waals surface area contributed by atoms with Crippen LogP contribution >= 0.6 is 0 Å². The molecule has 1 heterocycles. The quantitative estimate of drug-likeness (QED) is 0.701. The third kappa shape index (κ3) is 5.35. The summed E-state index contributed by atoms with van der Waals surface area (Å²) in [4.78, 5) is 10.6. The van der Waals surface area contributed by atoms with Gasteiger partial charge in [-0.15, -0.1) is 0 Å². The summed E-state index contributed by atoms with van der Waals surface area (Å²) < 4.78 is 25.4. The van der Waals surface area contributed by atoms with E-state index in [9.17, 15) is 24.5 Å². The maximum absolute atomic E-state index is 13.5. The van der Waals surface area contributed by atoms with Crippen molar-refractivity contribution in [2.45, 2.75) is 57.5 Å². The molecule has 7 heteroatoms. The molecule has 3 rings (SSSR count). The van der Waals surface area contributed by atoms with Crippen molar-refractivity contribution in [3.63, 3.8) is 0 Å². The first-order valence-electron chi connectivity index (χ1n) is 10.1. The van der Waals surface area contributed by atoms with Crippen LogP contribution in [0.15, 0.2) is 42.0 Å². The van der Waals surface area contributed by atoms with Gasteiger partial charge in [0.2, 0.25) is 0 Å². The number of benzene rings is 1. The van der Waals surface area contributed by atoms with Crippen molar-refractivity contribution in [1.29, 1.82) is 0 Å². The summed E-state index contributed by atoms with van der Waals surface area (Å²) in [6, 6.07) is 6.23. The molecule has 1 spiro atoms. The van der Waals surface area contributed by atoms with Crippen LogP contribution in [0.3, 0.4) is 0 Å². The van der Waals surface area contributed by atoms with Crippen LogP contribution in [0.1, 0.15) is 45.1 Å². The number of aliphatic hydroxyl groups excluding tert-OH is 2. The molecule has 30 heavy (non-hydrogen) atoms. The highest BCUT2D eigenvalue weighted by Gasteiger charge is 2.47. The van der Waals surface area contributed by atoms with Gasteiger partial charge in [0.15, 0.2) is 5.79 Å². The Morgan fingerprint density at radius 2 is 1.87 bits per heavy atom. The third-order valence-electron chi connectivity index (χ3n) is 5.62. The van der Waals surface area contributed by atoms with E-state index < -0.39 is 30.4 Å². The van der Waals surface area contributed by atoms with Crippen LogP contribution in [0.4, 0.5) is 4.39 Å². The summed E-state index contributed by atoms with van der Waals surface area (Å²) in [5.41, 5.74) is 2.36. The number of aliphatic hydroxyl groups is 2. The van der Waals surface area contributed by atoms with E-state index in [1.807, 2.05) is 0 Å². The second kappa shape index (κ2) is 8.98. The van der Waals surface area contributed by atoms with Crippen molar-refractivity contribution in [3.05, 3.63) is 53.4 Å². The molecular weight excluding hydrogens is 391 g/mol.